The summed E-state index contributed by atoms with van der Waals surface area (Å²) in [6, 6.07) is 3.03. The zero-order chi connectivity index (χ0) is 36.1. The summed E-state index contributed by atoms with van der Waals surface area (Å²) in [5, 5.41) is 0. The van der Waals surface area contributed by atoms with Gasteiger partial charge in [-0.15, -0.1) is 0 Å². The summed E-state index contributed by atoms with van der Waals surface area (Å²) in [5.74, 6) is -9.62. The van der Waals surface area contributed by atoms with Gasteiger partial charge in [-0.2, -0.15) is 0 Å². The maximum atomic E-state index is 14.6. The van der Waals surface area contributed by atoms with E-state index in [0.717, 1.165) is 0 Å². The minimum absolute atomic E-state index is 0.159. The van der Waals surface area contributed by atoms with Crippen LogP contribution in [0.2, 0.25) is 0 Å². The van der Waals surface area contributed by atoms with Gasteiger partial charge in [0.1, 0.15) is 0 Å². The van der Waals surface area contributed by atoms with Crippen LogP contribution >= 0.6 is 27.3 Å². The summed E-state index contributed by atoms with van der Waals surface area (Å²) in [4.78, 5) is 0. The first-order valence-electron chi connectivity index (χ1n) is 18.3. The fourth-order valence-electron chi connectivity index (χ4n) is 8.19. The predicted octanol–water partition coefficient (Wildman–Crippen LogP) is 13.3. The Hall–Kier alpha value is -1.07. The average Bonchev–Trinajstić information content (AvgIpc) is 3.48. The van der Waals surface area contributed by atoms with Crippen LogP contribution in [0.4, 0.5) is 22.0 Å². The normalized spacial score (nSPS) is 19.4. The molecular weight excluding hydrogens is 798 g/mol. The van der Waals surface area contributed by atoms with Gasteiger partial charge in [-0.25, -0.2) is 0 Å². The first-order valence-corrected chi connectivity index (χ1v) is 25.2. The summed E-state index contributed by atoms with van der Waals surface area (Å²) >= 11 is -2.70. The molecule has 0 aromatic heterocycles. The van der Waals surface area contributed by atoms with Crippen LogP contribution in [0.3, 0.4) is 0 Å². The molecule has 0 saturated heterocycles. The molecule has 0 heterocycles. The van der Waals surface area contributed by atoms with Crippen molar-refractivity contribution in [3.63, 3.8) is 0 Å². The average molecular weight is 849 g/mol. The molecule has 0 bridgehead atoms. The minimum atomic E-state index is -2.70. The summed E-state index contributed by atoms with van der Waals surface area (Å²) in [6.07, 6.45) is 24.3. The van der Waals surface area contributed by atoms with E-state index in [1.807, 2.05) is 0 Å². The Bertz CT molecular complexity index is 1490. The molecule has 0 unspecified atom stereocenters. The van der Waals surface area contributed by atoms with E-state index < -0.39 is 48.2 Å². The molecule has 4 aliphatic carbocycles. The number of rotatable bonds is 8. The molecule has 0 radical (unpaired) electrons. The van der Waals surface area contributed by atoms with E-state index in [1.165, 1.54) is 48.4 Å². The van der Waals surface area contributed by atoms with E-state index in [9.17, 15) is 22.0 Å². The van der Waals surface area contributed by atoms with Crippen LogP contribution in [0.25, 0.3) is 5.57 Å². The van der Waals surface area contributed by atoms with E-state index in [1.54, 1.807) is 111 Å². The quantitative estimate of drug-likeness (QED) is 0.0866. The van der Waals surface area contributed by atoms with Gasteiger partial charge in [-0.1, -0.05) is 65.7 Å². The molecule has 2 nitrogen and oxygen atoms in total. The van der Waals surface area contributed by atoms with Gasteiger partial charge >= 0.3 is 189 Å². The topological polar surface area (TPSA) is 18.5 Å². The number of fused-ring (bicyclic) bond motifs is 1. The summed E-state index contributed by atoms with van der Waals surface area (Å²) < 4.78 is 82.5. The number of benzene rings is 2. The molecule has 4 aliphatic rings. The third-order valence-electron chi connectivity index (χ3n) is 10.2. The van der Waals surface area contributed by atoms with E-state index >= 15 is 0 Å². The third-order valence-corrected chi connectivity index (χ3v) is 17.4. The van der Waals surface area contributed by atoms with E-state index in [-0.39, 0.29) is 29.1 Å². The molecule has 0 N–H and O–H groups in total. The second kappa shape index (κ2) is 18.3. The molecular formula is C39H50Cl2F5O2PRu. The fourth-order valence-corrected chi connectivity index (χ4v) is 15.3. The van der Waals surface area contributed by atoms with Gasteiger partial charge < -0.3 is 0 Å². The van der Waals surface area contributed by atoms with Gasteiger partial charge in [0, 0.05) is 0 Å². The second-order valence-corrected chi connectivity index (χ2v) is 23.4. The van der Waals surface area contributed by atoms with Crippen molar-refractivity contribution in [2.45, 2.75) is 153 Å². The van der Waals surface area contributed by atoms with Crippen molar-refractivity contribution >= 4 is 37.0 Å². The van der Waals surface area contributed by atoms with Crippen molar-refractivity contribution < 1.29 is 44.9 Å². The maximum absolute atomic E-state index is 14.6. The molecule has 3 fully saturated rings. The molecule has 2 aromatic carbocycles. The first kappa shape index (κ1) is 40.1. The van der Waals surface area contributed by atoms with E-state index in [2.05, 4.69) is 0 Å². The summed E-state index contributed by atoms with van der Waals surface area (Å²) in [7, 11) is 12.8. The Labute approximate surface area is 309 Å². The van der Waals surface area contributed by atoms with Gasteiger partial charge in [0.15, 0.2) is 0 Å². The van der Waals surface area contributed by atoms with Crippen LogP contribution in [0.5, 0.6) is 11.5 Å². The SMILES string of the molecule is C1CCC(P(C2CCCCC2)C2CCCCC2)CC1.CC(C)Oc1cc(OC(C)C)c2c(c1)C(c1c(F)c(F)c(F)c(F)c1F)=C[C]2=[Ru]([Cl])[Cl]. The molecule has 6 rings (SSSR count). The van der Waals surface area contributed by atoms with Crippen LogP contribution in [-0.2, 0) is 13.5 Å². The number of allylic oxidation sites excluding steroid dienone is 1. The van der Waals surface area contributed by atoms with Crippen molar-refractivity contribution in [1.82, 2.24) is 0 Å². The van der Waals surface area contributed by atoms with Crippen molar-refractivity contribution in [2.24, 2.45) is 0 Å². The number of hydrogen-bond acceptors (Lipinski definition) is 2. The van der Waals surface area contributed by atoms with Crippen LogP contribution in [-0.4, -0.2) is 33.3 Å². The van der Waals surface area contributed by atoms with Crippen molar-refractivity contribution in [2.75, 3.05) is 0 Å². The Morgan fingerprint density at radius 2 is 1.02 bits per heavy atom. The predicted molar refractivity (Wildman–Crippen MR) is 195 cm³/mol. The van der Waals surface area contributed by atoms with E-state index in [0.29, 0.717) is 23.3 Å². The number of halogens is 7. The first-order chi connectivity index (χ1) is 23.9. The fraction of sp³-hybridized carbons (Fsp3) is 0.615. The Kier molecular flexibility index (Phi) is 14.7. The molecule has 0 aliphatic heterocycles. The number of hydrogen-bond donors (Lipinski definition) is 0. The van der Waals surface area contributed by atoms with E-state index in [4.69, 9.17) is 28.9 Å². The molecule has 0 amide bonds. The van der Waals surface area contributed by atoms with Crippen molar-refractivity contribution in [3.05, 3.63) is 64.0 Å². The van der Waals surface area contributed by atoms with Gasteiger partial charge in [0.2, 0.25) is 0 Å². The van der Waals surface area contributed by atoms with Gasteiger partial charge in [-0.05, 0) is 55.5 Å². The van der Waals surface area contributed by atoms with Crippen LogP contribution in [0.1, 0.15) is 141 Å². The Morgan fingerprint density at radius 3 is 1.42 bits per heavy atom. The zero-order valence-corrected chi connectivity index (χ0v) is 33.6. The molecule has 11 heteroatoms. The van der Waals surface area contributed by atoms with Crippen LogP contribution in [0.15, 0.2) is 18.2 Å². The molecule has 0 spiro atoms. The summed E-state index contributed by atoms with van der Waals surface area (Å²) in [5.41, 5.74) is 2.79. The van der Waals surface area contributed by atoms with Gasteiger partial charge in [0.05, 0.1) is 0 Å². The molecule has 280 valence electrons. The Balaban J connectivity index is 0.000000217. The molecule has 2 aromatic rings. The number of ether oxygens (including phenoxy) is 2. The van der Waals surface area contributed by atoms with Crippen molar-refractivity contribution in [3.8, 4) is 11.5 Å². The summed E-state index contributed by atoms with van der Waals surface area (Å²) in [6.45, 7) is 7.09. The second-order valence-electron chi connectivity index (χ2n) is 14.5. The Morgan fingerprint density at radius 1 is 0.600 bits per heavy atom. The third kappa shape index (κ3) is 9.35. The molecule has 0 atom stereocenters. The zero-order valence-electron chi connectivity index (χ0n) is 29.5. The molecule has 50 heavy (non-hydrogen) atoms. The van der Waals surface area contributed by atoms with Crippen molar-refractivity contribution in [1.29, 1.82) is 0 Å². The van der Waals surface area contributed by atoms with Gasteiger partial charge in [-0.3, -0.25) is 0 Å². The van der Waals surface area contributed by atoms with Gasteiger partial charge in [0.25, 0.3) is 0 Å². The van der Waals surface area contributed by atoms with Crippen LogP contribution in [0, 0.1) is 29.1 Å². The standard InChI is InChI=1S/C21H17F5O2.C18H33P.2ClH.Ru/c1-9(2)27-11-7-14-12(15(8-11)28-10(3)4)5-6-13(14)16-17(22)19(24)21(26)20(25)18(16)23;1-4-10-16(11-5-1)19(17-12-6-2-7-13-17)18-14-8-3-9-15-18;;;/h6-10H,1-4H3;16-18H,1-15H2;2*1H;/q;;;;+2/p-2. The van der Waals surface area contributed by atoms with Crippen LogP contribution < -0.4 is 9.47 Å². The monoisotopic (exact) mass is 848 g/mol. The molecule has 3 saturated carbocycles.